The summed E-state index contributed by atoms with van der Waals surface area (Å²) in [5, 5.41) is 11.5. The summed E-state index contributed by atoms with van der Waals surface area (Å²) < 4.78 is 6.44. The number of nitrogens with one attached hydrogen (secondary N) is 1. The van der Waals surface area contributed by atoms with Crippen LogP contribution in [0.3, 0.4) is 0 Å². The summed E-state index contributed by atoms with van der Waals surface area (Å²) in [6.07, 6.45) is 0.781. The van der Waals surface area contributed by atoms with Crippen molar-refractivity contribution >= 4 is 40.0 Å². The number of carbonyl (C=O) groups is 2. The Balaban J connectivity index is 2.11. The number of carbonyl (C=O) groups excluding carboxylic acids is 2. The van der Waals surface area contributed by atoms with Gasteiger partial charge in [-0.05, 0) is 32.8 Å². The Hall–Kier alpha value is -2.07. The van der Waals surface area contributed by atoms with E-state index in [-0.39, 0.29) is 18.3 Å². The van der Waals surface area contributed by atoms with Gasteiger partial charge in [0.2, 0.25) is 11.1 Å². The van der Waals surface area contributed by atoms with Crippen LogP contribution < -0.4 is 11.2 Å². The van der Waals surface area contributed by atoms with Crippen LogP contribution in [0.25, 0.3) is 0 Å². The fourth-order valence-corrected chi connectivity index (χ4v) is 4.03. The number of amides is 1. The fourth-order valence-electron chi connectivity index (χ4n) is 2.18. The van der Waals surface area contributed by atoms with E-state index in [1.165, 1.54) is 27.8 Å². The number of thioether (sulfide) groups is 1. The molecule has 0 unspecified atom stereocenters. The summed E-state index contributed by atoms with van der Waals surface area (Å²) in [6.45, 7) is 7.63. The molecule has 2 heterocycles. The Morgan fingerprint density at radius 2 is 2.04 bits per heavy atom. The molecule has 0 saturated carbocycles. The number of esters is 1. The van der Waals surface area contributed by atoms with E-state index in [0.29, 0.717) is 21.5 Å². The number of aryl methyl sites for hydroxylation is 2. The molecule has 0 radical (unpaired) electrons. The molecule has 8 nitrogen and oxygen atoms in total. The van der Waals surface area contributed by atoms with E-state index in [2.05, 4.69) is 15.5 Å². The van der Waals surface area contributed by atoms with Gasteiger partial charge >= 0.3 is 5.97 Å². The molecule has 1 amide bonds. The van der Waals surface area contributed by atoms with Gasteiger partial charge in [-0.3, -0.25) is 4.79 Å². The predicted octanol–water partition coefficient (Wildman–Crippen LogP) is 2.14. The molecule has 0 aromatic carbocycles. The van der Waals surface area contributed by atoms with Crippen molar-refractivity contribution in [3.63, 3.8) is 0 Å². The highest BCUT2D eigenvalue weighted by Crippen LogP contribution is 2.34. The molecular formula is C15H21N5O3S2. The molecule has 2 aromatic heterocycles. The summed E-state index contributed by atoms with van der Waals surface area (Å²) in [5.74, 6) is 5.76. The minimum atomic E-state index is -0.420. The highest BCUT2D eigenvalue weighted by molar-refractivity contribution is 7.99. The predicted molar refractivity (Wildman–Crippen MR) is 98.7 cm³/mol. The fraction of sp³-hybridized carbons (Fsp3) is 0.467. The standard InChI is InChI=1S/C15H21N5O3S2/c1-5-10-8(3)12(14(22)23-6-2)13(25-10)17-11(21)7-24-15-19-18-9(4)20(15)16/h5-7,16H2,1-4H3,(H,17,21). The van der Waals surface area contributed by atoms with Crippen LogP contribution in [0.15, 0.2) is 5.16 Å². The van der Waals surface area contributed by atoms with Gasteiger partial charge in [0, 0.05) is 4.88 Å². The van der Waals surface area contributed by atoms with Crippen molar-refractivity contribution in [2.24, 2.45) is 0 Å². The Morgan fingerprint density at radius 3 is 2.60 bits per heavy atom. The van der Waals surface area contributed by atoms with Crippen molar-refractivity contribution < 1.29 is 14.3 Å². The summed E-state index contributed by atoms with van der Waals surface area (Å²) in [5.41, 5.74) is 1.28. The molecule has 0 bridgehead atoms. The SMILES string of the molecule is CCOC(=O)c1c(NC(=O)CSc2nnc(C)n2N)sc(CC)c1C. The lowest BCUT2D eigenvalue weighted by molar-refractivity contribution is -0.113. The van der Waals surface area contributed by atoms with Gasteiger partial charge in [0.15, 0.2) is 0 Å². The maximum atomic E-state index is 12.3. The largest absolute Gasteiger partial charge is 0.462 e. The third-order valence-corrected chi connectivity index (χ3v) is 5.76. The first-order valence-electron chi connectivity index (χ1n) is 7.78. The number of anilines is 1. The average Bonchev–Trinajstić information content (AvgIpc) is 3.06. The van der Waals surface area contributed by atoms with E-state index in [0.717, 1.165) is 16.9 Å². The first kappa shape index (κ1) is 19.3. The molecular weight excluding hydrogens is 362 g/mol. The Morgan fingerprint density at radius 1 is 1.32 bits per heavy atom. The summed E-state index contributed by atoms with van der Waals surface area (Å²) in [4.78, 5) is 25.5. The number of ether oxygens (including phenoxy) is 1. The molecule has 0 fully saturated rings. The molecule has 2 aromatic rings. The Labute approximate surface area is 154 Å². The lowest BCUT2D eigenvalue weighted by Gasteiger charge is -2.07. The zero-order chi connectivity index (χ0) is 18.6. The molecule has 136 valence electrons. The average molecular weight is 383 g/mol. The van der Waals surface area contributed by atoms with Crippen LogP contribution in [0.2, 0.25) is 0 Å². The highest BCUT2D eigenvalue weighted by Gasteiger charge is 2.23. The third kappa shape index (κ3) is 4.31. The Bertz CT molecular complexity index is 784. The van der Waals surface area contributed by atoms with Gasteiger partial charge in [-0.2, -0.15) is 0 Å². The summed E-state index contributed by atoms with van der Waals surface area (Å²) >= 11 is 2.57. The molecule has 3 N–H and O–H groups in total. The number of nitrogen functional groups attached to an aromatic ring is 1. The number of aromatic nitrogens is 3. The van der Waals surface area contributed by atoms with Gasteiger partial charge in [0.1, 0.15) is 10.8 Å². The zero-order valence-electron chi connectivity index (χ0n) is 14.6. The molecule has 0 saturated heterocycles. The second kappa shape index (κ2) is 8.34. The normalized spacial score (nSPS) is 10.7. The molecule has 25 heavy (non-hydrogen) atoms. The highest BCUT2D eigenvalue weighted by atomic mass is 32.2. The number of thiophene rings is 1. The van der Waals surface area contributed by atoms with Crippen LogP contribution in [0.1, 0.15) is 40.5 Å². The monoisotopic (exact) mass is 383 g/mol. The molecule has 0 aliphatic heterocycles. The van der Waals surface area contributed by atoms with E-state index in [1.807, 2.05) is 13.8 Å². The summed E-state index contributed by atoms with van der Waals surface area (Å²) in [7, 11) is 0. The second-order valence-electron chi connectivity index (χ2n) is 5.17. The van der Waals surface area contributed by atoms with Crippen molar-refractivity contribution in [2.75, 3.05) is 23.5 Å². The molecule has 0 atom stereocenters. The van der Waals surface area contributed by atoms with E-state index < -0.39 is 5.97 Å². The Kier molecular flexibility index (Phi) is 6.43. The van der Waals surface area contributed by atoms with Crippen LogP contribution in [-0.2, 0) is 16.0 Å². The maximum absolute atomic E-state index is 12.3. The zero-order valence-corrected chi connectivity index (χ0v) is 16.2. The van der Waals surface area contributed by atoms with Crippen LogP contribution in [0.5, 0.6) is 0 Å². The van der Waals surface area contributed by atoms with Crippen LogP contribution in [-0.4, -0.2) is 39.1 Å². The number of hydrogen-bond donors (Lipinski definition) is 2. The van der Waals surface area contributed by atoms with Gasteiger partial charge in [0.05, 0.1) is 17.9 Å². The van der Waals surface area contributed by atoms with Crippen LogP contribution >= 0.6 is 23.1 Å². The van der Waals surface area contributed by atoms with E-state index in [9.17, 15) is 9.59 Å². The lowest BCUT2D eigenvalue weighted by atomic mass is 10.1. The lowest BCUT2D eigenvalue weighted by Crippen LogP contribution is -2.18. The van der Waals surface area contributed by atoms with Crippen molar-refractivity contribution in [3.05, 3.63) is 21.8 Å². The van der Waals surface area contributed by atoms with E-state index >= 15 is 0 Å². The third-order valence-electron chi connectivity index (χ3n) is 3.47. The minimum absolute atomic E-state index is 0.107. The van der Waals surface area contributed by atoms with Crippen molar-refractivity contribution in [2.45, 2.75) is 39.3 Å². The van der Waals surface area contributed by atoms with Crippen molar-refractivity contribution in [1.29, 1.82) is 0 Å². The molecule has 0 aliphatic rings. The van der Waals surface area contributed by atoms with Gasteiger partial charge in [-0.1, -0.05) is 18.7 Å². The second-order valence-corrected chi connectivity index (χ2v) is 7.21. The van der Waals surface area contributed by atoms with Gasteiger partial charge in [-0.25, -0.2) is 9.47 Å². The quantitative estimate of drug-likeness (QED) is 0.428. The van der Waals surface area contributed by atoms with Crippen LogP contribution in [0, 0.1) is 13.8 Å². The molecule has 2 rings (SSSR count). The van der Waals surface area contributed by atoms with Gasteiger partial charge in [0.25, 0.3) is 0 Å². The van der Waals surface area contributed by atoms with Crippen LogP contribution in [0.4, 0.5) is 5.00 Å². The number of nitrogens with zero attached hydrogens (tertiary/aromatic N) is 3. The number of nitrogens with two attached hydrogens (primary N) is 1. The van der Waals surface area contributed by atoms with E-state index in [1.54, 1.807) is 13.8 Å². The number of hydrogen-bond acceptors (Lipinski definition) is 8. The minimum Gasteiger partial charge on any atom is -0.462 e. The first-order valence-corrected chi connectivity index (χ1v) is 9.58. The van der Waals surface area contributed by atoms with E-state index in [4.69, 9.17) is 10.6 Å². The summed E-state index contributed by atoms with van der Waals surface area (Å²) in [6, 6.07) is 0. The van der Waals surface area contributed by atoms with Crippen molar-refractivity contribution in [1.82, 2.24) is 14.9 Å². The molecule has 0 aliphatic carbocycles. The van der Waals surface area contributed by atoms with Gasteiger partial charge in [-0.15, -0.1) is 21.5 Å². The van der Waals surface area contributed by atoms with Crippen molar-refractivity contribution in [3.8, 4) is 0 Å². The number of rotatable bonds is 7. The van der Waals surface area contributed by atoms with Gasteiger partial charge < -0.3 is 15.9 Å². The smallest absolute Gasteiger partial charge is 0.341 e. The maximum Gasteiger partial charge on any atom is 0.341 e. The first-order chi connectivity index (χ1) is 11.9. The topological polar surface area (TPSA) is 112 Å². The molecule has 10 heteroatoms. The molecule has 0 spiro atoms.